The fourth-order valence-corrected chi connectivity index (χ4v) is 0.699. The van der Waals surface area contributed by atoms with Crippen molar-refractivity contribution >= 4 is 22.6 Å². The molecule has 0 saturated carbocycles. The van der Waals surface area contributed by atoms with E-state index in [4.69, 9.17) is 5.11 Å². The maximum Gasteiger partial charge on any atom is 0.0725 e. The molecule has 0 spiro atoms. The third-order valence-electron chi connectivity index (χ3n) is 0.713. The minimum atomic E-state index is -0.239. The molecule has 0 aliphatic rings. The van der Waals surface area contributed by atoms with Crippen molar-refractivity contribution in [2.24, 2.45) is 0 Å². The van der Waals surface area contributed by atoms with Gasteiger partial charge in [-0.3, -0.25) is 0 Å². The van der Waals surface area contributed by atoms with Crippen molar-refractivity contribution < 1.29 is 5.11 Å². The molecule has 0 unspecified atom stereocenters. The first kappa shape index (κ1) is 7.43. The van der Waals surface area contributed by atoms with E-state index < -0.39 is 0 Å². The van der Waals surface area contributed by atoms with Gasteiger partial charge >= 0.3 is 0 Å². The quantitative estimate of drug-likeness (QED) is 0.690. The Morgan fingerprint density at radius 2 is 2.43 bits per heavy atom. The van der Waals surface area contributed by atoms with Crippen LogP contribution in [0.5, 0.6) is 0 Å². The van der Waals surface area contributed by atoms with Crippen molar-refractivity contribution in [3.05, 3.63) is 10.2 Å². The Balaban J connectivity index is 3.16. The highest BCUT2D eigenvalue weighted by Crippen LogP contribution is 1.93. The van der Waals surface area contributed by atoms with Crippen LogP contribution in [0.15, 0.2) is 10.2 Å². The zero-order valence-corrected chi connectivity index (χ0v) is 6.42. The van der Waals surface area contributed by atoms with Gasteiger partial charge in [0.15, 0.2) is 0 Å². The van der Waals surface area contributed by atoms with Gasteiger partial charge in [0.05, 0.1) is 6.10 Å². The molecule has 7 heavy (non-hydrogen) atoms. The molecule has 1 N–H and O–H groups in total. The number of hydrogen-bond donors (Lipinski definition) is 1. The van der Waals surface area contributed by atoms with E-state index in [9.17, 15) is 0 Å². The van der Waals surface area contributed by atoms with Gasteiger partial charge in [-0.15, -0.1) is 0 Å². The van der Waals surface area contributed by atoms with Crippen LogP contribution in [0.25, 0.3) is 0 Å². The van der Waals surface area contributed by atoms with Gasteiger partial charge in [0.2, 0.25) is 0 Å². The molecule has 0 aliphatic carbocycles. The summed E-state index contributed by atoms with van der Waals surface area (Å²) < 4.78 is 1.83. The molecule has 0 radical (unpaired) electrons. The molecule has 1 atom stereocenters. The van der Waals surface area contributed by atoms with E-state index in [0.717, 1.165) is 6.42 Å². The minimum absolute atomic E-state index is 0.239. The molecule has 0 fully saturated rings. The maximum absolute atomic E-state index is 8.77. The largest absolute Gasteiger partial charge is 0.389 e. The van der Waals surface area contributed by atoms with E-state index in [-0.39, 0.29) is 6.10 Å². The number of aliphatic hydroxyl groups excluding tert-OH is 1. The fraction of sp³-hybridized carbons (Fsp3) is 0.600. The van der Waals surface area contributed by atoms with Crippen molar-refractivity contribution in [2.45, 2.75) is 19.4 Å². The summed E-state index contributed by atoms with van der Waals surface area (Å²) in [4.78, 5) is 0. The molecule has 42 valence electrons. The van der Waals surface area contributed by atoms with Crippen LogP contribution >= 0.6 is 22.6 Å². The third-order valence-corrected chi connectivity index (χ3v) is 1.13. The van der Waals surface area contributed by atoms with Crippen LogP contribution in [-0.2, 0) is 0 Å². The topological polar surface area (TPSA) is 20.2 Å². The monoisotopic (exact) mass is 212 g/mol. The van der Waals surface area contributed by atoms with Gasteiger partial charge in [-0.05, 0) is 10.5 Å². The van der Waals surface area contributed by atoms with Gasteiger partial charge in [-0.25, -0.2) is 0 Å². The Morgan fingerprint density at radius 1 is 1.86 bits per heavy atom. The number of halogens is 1. The summed E-state index contributed by atoms with van der Waals surface area (Å²) in [5.41, 5.74) is 0. The molecule has 0 aromatic heterocycles. The molecule has 0 amide bonds. The first-order chi connectivity index (χ1) is 3.31. The second kappa shape index (κ2) is 4.59. The highest BCUT2D eigenvalue weighted by atomic mass is 127. The molecule has 0 aliphatic heterocycles. The summed E-state index contributed by atoms with van der Waals surface area (Å²) in [7, 11) is 0. The number of aliphatic hydroxyl groups is 1. The molecule has 1 nitrogen and oxygen atoms in total. The van der Waals surface area contributed by atoms with Gasteiger partial charge in [0.25, 0.3) is 0 Å². The zero-order chi connectivity index (χ0) is 5.70. The number of hydrogen-bond acceptors (Lipinski definition) is 1. The first-order valence-corrected chi connectivity index (χ1v) is 3.50. The van der Waals surface area contributed by atoms with E-state index in [0.29, 0.717) is 0 Å². The molecule has 0 aromatic rings. The summed E-state index contributed by atoms with van der Waals surface area (Å²) in [6.07, 6.45) is 2.33. The highest BCUT2D eigenvalue weighted by Gasteiger charge is 1.88. The summed E-state index contributed by atoms with van der Waals surface area (Å²) in [6.45, 7) is 1.95. The SMILES string of the molecule is CC[C@@H](O)/C=C/I. The molecule has 2 heteroatoms. The Morgan fingerprint density at radius 3 is 2.57 bits per heavy atom. The standard InChI is InChI=1S/C5H9IO/c1-2-5(7)3-4-6/h3-5,7H,2H2,1H3/b4-3+/t5-/m1/s1. The van der Waals surface area contributed by atoms with Crippen LogP contribution in [-0.4, -0.2) is 11.2 Å². The van der Waals surface area contributed by atoms with Crippen LogP contribution in [0, 0.1) is 0 Å². The first-order valence-electron chi connectivity index (χ1n) is 2.26. The lowest BCUT2D eigenvalue weighted by molar-refractivity contribution is 0.219. The molecule has 0 heterocycles. The van der Waals surface area contributed by atoms with Crippen molar-refractivity contribution in [3.63, 3.8) is 0 Å². The Labute approximate surface area is 57.6 Å². The predicted molar refractivity (Wildman–Crippen MR) is 39.5 cm³/mol. The molecular formula is C5H9IO. The summed E-state index contributed by atoms with van der Waals surface area (Å²) in [6, 6.07) is 0. The second-order valence-corrected chi connectivity index (χ2v) is 2.01. The highest BCUT2D eigenvalue weighted by molar-refractivity contribution is 14.1. The molecule has 0 saturated heterocycles. The Kier molecular flexibility index (Phi) is 4.87. The van der Waals surface area contributed by atoms with Crippen LogP contribution in [0.3, 0.4) is 0 Å². The lowest BCUT2D eigenvalue weighted by Gasteiger charge is -1.94. The van der Waals surface area contributed by atoms with E-state index >= 15 is 0 Å². The van der Waals surface area contributed by atoms with Gasteiger partial charge < -0.3 is 5.11 Å². The average Bonchev–Trinajstić information content (AvgIpc) is 1.68. The summed E-state index contributed by atoms with van der Waals surface area (Å²) in [5.74, 6) is 0. The van der Waals surface area contributed by atoms with Crippen LogP contribution < -0.4 is 0 Å². The summed E-state index contributed by atoms with van der Waals surface area (Å²) >= 11 is 2.09. The van der Waals surface area contributed by atoms with E-state index in [2.05, 4.69) is 22.6 Å². The van der Waals surface area contributed by atoms with Gasteiger partial charge in [-0.2, -0.15) is 0 Å². The van der Waals surface area contributed by atoms with Crippen molar-refractivity contribution in [2.75, 3.05) is 0 Å². The van der Waals surface area contributed by atoms with E-state index in [1.807, 2.05) is 11.0 Å². The molecule has 0 rings (SSSR count). The van der Waals surface area contributed by atoms with Gasteiger partial charge in [0.1, 0.15) is 0 Å². The molecular weight excluding hydrogens is 203 g/mol. The lowest BCUT2D eigenvalue weighted by Crippen LogP contribution is -1.96. The number of rotatable bonds is 2. The molecule has 0 bridgehead atoms. The minimum Gasteiger partial charge on any atom is -0.389 e. The Bertz CT molecular complexity index is 61.1. The molecule has 0 aromatic carbocycles. The maximum atomic E-state index is 8.77. The zero-order valence-electron chi connectivity index (χ0n) is 4.26. The Hall–Kier alpha value is 0.430. The second-order valence-electron chi connectivity index (χ2n) is 1.29. The van der Waals surface area contributed by atoms with E-state index in [1.165, 1.54) is 0 Å². The lowest BCUT2D eigenvalue weighted by atomic mass is 10.3. The smallest absolute Gasteiger partial charge is 0.0725 e. The van der Waals surface area contributed by atoms with E-state index in [1.54, 1.807) is 6.08 Å². The van der Waals surface area contributed by atoms with Gasteiger partial charge in [-0.1, -0.05) is 35.6 Å². The predicted octanol–water partition coefficient (Wildman–Crippen LogP) is 1.71. The van der Waals surface area contributed by atoms with Crippen LogP contribution in [0.4, 0.5) is 0 Å². The fourth-order valence-electron chi connectivity index (χ4n) is 0.220. The van der Waals surface area contributed by atoms with Gasteiger partial charge in [0, 0.05) is 0 Å². The van der Waals surface area contributed by atoms with Crippen LogP contribution in [0.2, 0.25) is 0 Å². The van der Waals surface area contributed by atoms with Crippen LogP contribution in [0.1, 0.15) is 13.3 Å². The van der Waals surface area contributed by atoms with Crippen molar-refractivity contribution in [1.29, 1.82) is 0 Å². The average molecular weight is 212 g/mol. The van der Waals surface area contributed by atoms with Crippen molar-refractivity contribution in [3.8, 4) is 0 Å². The normalized spacial score (nSPS) is 15.3. The third kappa shape index (κ3) is 4.28. The van der Waals surface area contributed by atoms with Crippen molar-refractivity contribution in [1.82, 2.24) is 0 Å². The summed E-state index contributed by atoms with van der Waals surface area (Å²) in [5, 5.41) is 8.77.